The summed E-state index contributed by atoms with van der Waals surface area (Å²) in [6.07, 6.45) is -2.67. The lowest BCUT2D eigenvalue weighted by molar-refractivity contribution is -0.137. The molecule has 1 aliphatic heterocycles. The number of amides is 2. The van der Waals surface area contributed by atoms with Gasteiger partial charge in [0.25, 0.3) is 0 Å². The fraction of sp³-hybridized carbons (Fsp3) is 0.250. The highest BCUT2D eigenvalue weighted by Gasteiger charge is 2.30. The minimum absolute atomic E-state index is 0.270. The summed E-state index contributed by atoms with van der Waals surface area (Å²) in [4.78, 5) is 16.8. The average molecular weight is 272 g/mol. The van der Waals surface area contributed by atoms with Crippen LogP contribution in [-0.2, 0) is 11.0 Å². The SMILES string of the molecule is CC1=CCN(C(=O)Nc2ccc(C(F)(F)F)cc2)O1. The average Bonchev–Trinajstić information content (AvgIpc) is 2.75. The Labute approximate surface area is 107 Å². The van der Waals surface area contributed by atoms with Crippen molar-refractivity contribution < 1.29 is 22.8 Å². The fourth-order valence-corrected chi connectivity index (χ4v) is 1.51. The highest BCUT2D eigenvalue weighted by atomic mass is 19.4. The molecule has 1 aromatic rings. The van der Waals surface area contributed by atoms with E-state index in [-0.39, 0.29) is 5.69 Å². The van der Waals surface area contributed by atoms with E-state index in [1.165, 1.54) is 12.1 Å². The molecule has 0 radical (unpaired) electrons. The maximum atomic E-state index is 12.3. The number of benzene rings is 1. The Morgan fingerprint density at radius 2 is 1.95 bits per heavy atom. The second-order valence-corrected chi connectivity index (χ2v) is 3.97. The van der Waals surface area contributed by atoms with Crippen LogP contribution in [0.2, 0.25) is 0 Å². The monoisotopic (exact) mass is 272 g/mol. The Morgan fingerprint density at radius 1 is 1.32 bits per heavy atom. The molecule has 1 aliphatic rings. The lowest BCUT2D eigenvalue weighted by Crippen LogP contribution is -2.31. The molecule has 0 fully saturated rings. The maximum absolute atomic E-state index is 12.3. The molecule has 0 aliphatic carbocycles. The number of hydrogen-bond acceptors (Lipinski definition) is 2. The summed E-state index contributed by atoms with van der Waals surface area (Å²) in [6, 6.07) is 3.66. The lowest BCUT2D eigenvalue weighted by Gasteiger charge is -2.16. The van der Waals surface area contributed by atoms with Gasteiger partial charge in [-0.25, -0.2) is 4.79 Å². The van der Waals surface area contributed by atoms with E-state index in [0.717, 1.165) is 17.2 Å². The second-order valence-electron chi connectivity index (χ2n) is 3.97. The number of urea groups is 1. The van der Waals surface area contributed by atoms with Crippen molar-refractivity contribution in [2.45, 2.75) is 13.1 Å². The predicted molar refractivity (Wildman–Crippen MR) is 62.0 cm³/mol. The first kappa shape index (κ1) is 13.3. The van der Waals surface area contributed by atoms with Crippen LogP contribution in [0.3, 0.4) is 0 Å². The van der Waals surface area contributed by atoms with Crippen LogP contribution in [0.1, 0.15) is 12.5 Å². The number of halogens is 3. The van der Waals surface area contributed by atoms with Crippen LogP contribution >= 0.6 is 0 Å². The first-order valence-corrected chi connectivity index (χ1v) is 5.47. The number of alkyl halides is 3. The predicted octanol–water partition coefficient (Wildman–Crippen LogP) is 3.39. The summed E-state index contributed by atoms with van der Waals surface area (Å²) in [5, 5.41) is 3.52. The van der Waals surface area contributed by atoms with Gasteiger partial charge < -0.3 is 10.2 Å². The fourth-order valence-electron chi connectivity index (χ4n) is 1.51. The van der Waals surface area contributed by atoms with Crippen LogP contribution in [0, 0.1) is 0 Å². The summed E-state index contributed by atoms with van der Waals surface area (Å²) >= 11 is 0. The third kappa shape index (κ3) is 3.18. The van der Waals surface area contributed by atoms with E-state index in [1.54, 1.807) is 13.0 Å². The molecule has 1 N–H and O–H groups in total. The van der Waals surface area contributed by atoms with Gasteiger partial charge >= 0.3 is 12.2 Å². The van der Waals surface area contributed by atoms with Gasteiger partial charge in [-0.15, -0.1) is 0 Å². The van der Waals surface area contributed by atoms with Gasteiger partial charge in [-0.05, 0) is 37.3 Å². The van der Waals surface area contributed by atoms with Gasteiger partial charge in [0.05, 0.1) is 12.1 Å². The first-order chi connectivity index (χ1) is 8.86. The van der Waals surface area contributed by atoms with Crippen LogP contribution in [0.25, 0.3) is 0 Å². The molecule has 2 rings (SSSR count). The number of carbonyl (C=O) groups is 1. The largest absolute Gasteiger partial charge is 0.416 e. The van der Waals surface area contributed by atoms with Crippen LogP contribution in [0.4, 0.5) is 23.7 Å². The third-order valence-electron chi connectivity index (χ3n) is 2.49. The molecular formula is C12H11F3N2O2. The van der Waals surface area contributed by atoms with E-state index in [2.05, 4.69) is 5.32 Å². The summed E-state index contributed by atoms with van der Waals surface area (Å²) in [7, 11) is 0. The number of rotatable bonds is 1. The quantitative estimate of drug-likeness (QED) is 0.851. The van der Waals surface area contributed by atoms with Gasteiger partial charge in [-0.1, -0.05) is 0 Å². The topological polar surface area (TPSA) is 41.6 Å². The summed E-state index contributed by atoms with van der Waals surface area (Å²) < 4.78 is 37.0. The molecule has 4 nitrogen and oxygen atoms in total. The molecule has 0 bridgehead atoms. The van der Waals surface area contributed by atoms with Gasteiger partial charge in [0.1, 0.15) is 5.76 Å². The Bertz CT molecular complexity index is 509. The molecule has 7 heteroatoms. The second kappa shape index (κ2) is 4.83. The van der Waals surface area contributed by atoms with Gasteiger partial charge in [-0.2, -0.15) is 18.2 Å². The number of carbonyl (C=O) groups excluding carboxylic acids is 1. The van der Waals surface area contributed by atoms with E-state index in [9.17, 15) is 18.0 Å². The number of nitrogens with zero attached hydrogens (tertiary/aromatic N) is 1. The van der Waals surface area contributed by atoms with E-state index >= 15 is 0 Å². The van der Waals surface area contributed by atoms with Crippen molar-refractivity contribution in [3.63, 3.8) is 0 Å². The van der Waals surface area contributed by atoms with Crippen molar-refractivity contribution in [3.8, 4) is 0 Å². The highest BCUT2D eigenvalue weighted by molar-refractivity contribution is 5.88. The highest BCUT2D eigenvalue weighted by Crippen LogP contribution is 2.29. The van der Waals surface area contributed by atoms with Gasteiger partial charge in [0.2, 0.25) is 0 Å². The molecule has 102 valence electrons. The molecule has 0 unspecified atom stereocenters. The van der Waals surface area contributed by atoms with E-state index in [4.69, 9.17) is 4.84 Å². The van der Waals surface area contributed by atoms with Crippen molar-refractivity contribution in [2.24, 2.45) is 0 Å². The molecule has 2 amide bonds. The Hall–Kier alpha value is -2.18. The molecule has 1 heterocycles. The van der Waals surface area contributed by atoms with Gasteiger partial charge in [0, 0.05) is 5.69 Å². The van der Waals surface area contributed by atoms with Crippen LogP contribution in [0.5, 0.6) is 0 Å². The van der Waals surface area contributed by atoms with Gasteiger partial charge in [0.15, 0.2) is 0 Å². The minimum atomic E-state index is -4.39. The molecule has 0 spiro atoms. The molecule has 0 aromatic heterocycles. The van der Waals surface area contributed by atoms with E-state index in [0.29, 0.717) is 12.3 Å². The Kier molecular flexibility index (Phi) is 3.37. The molecule has 1 aromatic carbocycles. The van der Waals surface area contributed by atoms with Crippen molar-refractivity contribution >= 4 is 11.7 Å². The lowest BCUT2D eigenvalue weighted by atomic mass is 10.2. The zero-order valence-corrected chi connectivity index (χ0v) is 9.99. The molecule has 0 saturated carbocycles. The number of hydrogen-bond donors (Lipinski definition) is 1. The van der Waals surface area contributed by atoms with E-state index in [1.807, 2.05) is 0 Å². The van der Waals surface area contributed by atoms with Crippen molar-refractivity contribution in [2.75, 3.05) is 11.9 Å². The molecular weight excluding hydrogens is 261 g/mol. The van der Waals surface area contributed by atoms with Crippen LogP contribution < -0.4 is 5.32 Å². The molecule has 0 saturated heterocycles. The normalized spacial score (nSPS) is 14.9. The number of allylic oxidation sites excluding steroid dienone is 1. The zero-order chi connectivity index (χ0) is 14.0. The smallest absolute Gasteiger partial charge is 0.380 e. The third-order valence-corrected chi connectivity index (χ3v) is 2.49. The standard InChI is InChI=1S/C12H11F3N2O2/c1-8-6-7-17(19-8)11(18)16-10-4-2-9(3-5-10)12(13,14)15/h2-6H,7H2,1H3,(H,16,18). The van der Waals surface area contributed by atoms with Crippen molar-refractivity contribution in [1.29, 1.82) is 0 Å². The van der Waals surface area contributed by atoms with Crippen LogP contribution in [-0.4, -0.2) is 17.6 Å². The summed E-state index contributed by atoms with van der Waals surface area (Å²) in [5.41, 5.74) is -0.494. The zero-order valence-electron chi connectivity index (χ0n) is 9.99. The number of nitrogens with one attached hydrogen (secondary N) is 1. The Morgan fingerprint density at radius 3 is 2.42 bits per heavy atom. The minimum Gasteiger partial charge on any atom is -0.380 e. The van der Waals surface area contributed by atoms with Crippen molar-refractivity contribution in [1.82, 2.24) is 5.06 Å². The van der Waals surface area contributed by atoms with Crippen LogP contribution in [0.15, 0.2) is 36.1 Å². The molecule has 19 heavy (non-hydrogen) atoms. The molecule has 0 atom stereocenters. The maximum Gasteiger partial charge on any atom is 0.416 e. The number of anilines is 1. The summed E-state index contributed by atoms with van der Waals surface area (Å²) in [5.74, 6) is 0.600. The Balaban J connectivity index is 1.98. The first-order valence-electron chi connectivity index (χ1n) is 5.47. The van der Waals surface area contributed by atoms with E-state index < -0.39 is 17.8 Å². The summed E-state index contributed by atoms with van der Waals surface area (Å²) in [6.45, 7) is 2.00. The number of hydroxylamine groups is 2. The van der Waals surface area contributed by atoms with Crippen molar-refractivity contribution in [3.05, 3.63) is 41.7 Å². The van der Waals surface area contributed by atoms with Gasteiger partial charge in [-0.3, -0.25) is 0 Å².